The highest BCUT2D eigenvalue weighted by Gasteiger charge is 2.29. The molecule has 1 atom stereocenters. The quantitative estimate of drug-likeness (QED) is 0.111. The van der Waals surface area contributed by atoms with Crippen molar-refractivity contribution in [3.8, 4) is 28.4 Å². The summed E-state index contributed by atoms with van der Waals surface area (Å²) in [5.74, 6) is 2.76. The summed E-state index contributed by atoms with van der Waals surface area (Å²) in [6, 6.07) is 12.6. The van der Waals surface area contributed by atoms with E-state index in [-0.39, 0.29) is 23.3 Å². The van der Waals surface area contributed by atoms with E-state index in [1.165, 1.54) is 6.92 Å². The van der Waals surface area contributed by atoms with Gasteiger partial charge in [0.1, 0.15) is 5.82 Å². The third-order valence-corrected chi connectivity index (χ3v) is 8.73. The number of rotatable bonds is 14. The molecule has 0 aliphatic heterocycles. The van der Waals surface area contributed by atoms with Gasteiger partial charge in [-0.25, -0.2) is 4.98 Å². The first-order valence-corrected chi connectivity index (χ1v) is 16.9. The van der Waals surface area contributed by atoms with Crippen molar-refractivity contribution < 1.29 is 23.8 Å². The number of fused-ring (bicyclic) bond motifs is 4. The molecule has 260 valence electrons. The number of carbonyl (C=O) groups excluding carboxylic acids is 2. The molecule has 1 aliphatic rings. The number of aromatic nitrogens is 2. The van der Waals surface area contributed by atoms with Crippen molar-refractivity contribution in [2.24, 2.45) is 5.92 Å². The van der Waals surface area contributed by atoms with Crippen molar-refractivity contribution in [3.05, 3.63) is 69.6 Å². The van der Waals surface area contributed by atoms with E-state index in [0.717, 1.165) is 64.9 Å². The van der Waals surface area contributed by atoms with Gasteiger partial charge in [0.2, 0.25) is 23.0 Å². The lowest BCUT2D eigenvalue weighted by molar-refractivity contribution is -0.119. The Balaban J connectivity index is 1.23. The summed E-state index contributed by atoms with van der Waals surface area (Å²) in [5, 5.41) is 9.32. The number of aryl methyl sites for hydroxylation is 1. The number of methoxy groups -OCH3 is 3. The van der Waals surface area contributed by atoms with Gasteiger partial charge in [-0.3, -0.25) is 14.4 Å². The smallest absolute Gasteiger partial charge is 0.224 e. The second-order valence-electron chi connectivity index (χ2n) is 12.9. The van der Waals surface area contributed by atoms with Gasteiger partial charge in [0.15, 0.2) is 11.5 Å². The molecule has 1 aromatic heterocycles. The monoisotopic (exact) mass is 669 g/mol. The zero-order valence-corrected chi connectivity index (χ0v) is 29.2. The average molecular weight is 670 g/mol. The van der Waals surface area contributed by atoms with Crippen LogP contribution in [0.15, 0.2) is 47.3 Å². The number of unbranched alkanes of at least 4 members (excludes halogenated alkanes) is 2. The van der Waals surface area contributed by atoms with E-state index in [9.17, 15) is 14.4 Å². The van der Waals surface area contributed by atoms with Crippen molar-refractivity contribution in [1.82, 2.24) is 15.3 Å². The predicted octanol–water partition coefficient (Wildman–Crippen LogP) is 6.55. The van der Waals surface area contributed by atoms with Gasteiger partial charge in [0, 0.05) is 37.6 Å². The van der Waals surface area contributed by atoms with Crippen molar-refractivity contribution in [2.75, 3.05) is 38.5 Å². The number of carbonyl (C=O) groups is 2. The minimum absolute atomic E-state index is 0.0358. The lowest BCUT2D eigenvalue weighted by Gasteiger charge is -2.19. The van der Waals surface area contributed by atoms with Crippen LogP contribution in [-0.2, 0) is 22.4 Å². The Morgan fingerprint density at radius 3 is 2.49 bits per heavy atom. The van der Waals surface area contributed by atoms with Crippen LogP contribution in [0.25, 0.3) is 22.2 Å². The van der Waals surface area contributed by atoms with Gasteiger partial charge >= 0.3 is 0 Å². The summed E-state index contributed by atoms with van der Waals surface area (Å²) in [6.07, 6.45) is 4.82. The average Bonchev–Trinajstić information content (AvgIpc) is 3.31. The standard InChI is InChI=1S/C38H47N5O6/c1-22(2)18-34-42-29-15-12-25(20-31(29)43-34)41-35(46)10-8-7-9-17-39-30-16-13-26-27(21-32(30)45)28(40-23(3)44)14-11-24-19-33(47-4)37(48-5)38(49-6)36(24)26/h12-13,15-16,19-22,28H,7-11,14,17-18H2,1-6H3,(H,39,45)(H,40,44)(H,41,46)(H,42,43)/t28-/m1/s1. The van der Waals surface area contributed by atoms with Crippen LogP contribution in [0.3, 0.4) is 0 Å². The number of aromatic amines is 1. The molecular weight excluding hydrogens is 622 g/mol. The van der Waals surface area contributed by atoms with Crippen LogP contribution in [0.5, 0.6) is 17.2 Å². The van der Waals surface area contributed by atoms with Crippen molar-refractivity contribution in [2.45, 2.75) is 71.8 Å². The Morgan fingerprint density at radius 1 is 0.980 bits per heavy atom. The first-order chi connectivity index (χ1) is 23.6. The maximum absolute atomic E-state index is 13.5. The molecule has 2 amide bonds. The SMILES string of the molecule is COc1cc2c(c(OC)c1OC)-c1ccc(NCCCCCC(=O)Nc3ccc4nc(CC(C)C)[nH]c4c3)c(=O)cc1[C@H](NC(C)=O)CC2. The third kappa shape index (κ3) is 8.33. The summed E-state index contributed by atoms with van der Waals surface area (Å²) >= 11 is 0. The fourth-order valence-corrected chi connectivity index (χ4v) is 6.51. The fourth-order valence-electron chi connectivity index (χ4n) is 6.51. The molecule has 5 rings (SSSR count). The van der Waals surface area contributed by atoms with Gasteiger partial charge in [0.25, 0.3) is 0 Å². The second-order valence-corrected chi connectivity index (χ2v) is 12.9. The van der Waals surface area contributed by atoms with E-state index in [0.29, 0.717) is 60.2 Å². The van der Waals surface area contributed by atoms with E-state index in [2.05, 4.69) is 39.8 Å². The molecular formula is C38H47N5O6. The number of nitrogens with zero attached hydrogens (tertiary/aromatic N) is 1. The highest BCUT2D eigenvalue weighted by Crippen LogP contribution is 2.50. The number of ether oxygens (including phenoxy) is 3. The Morgan fingerprint density at radius 2 is 1.78 bits per heavy atom. The number of H-pyrrole nitrogens is 1. The third-order valence-electron chi connectivity index (χ3n) is 8.73. The lowest BCUT2D eigenvalue weighted by Crippen LogP contribution is -2.26. The number of imidazole rings is 1. The topological polar surface area (TPSA) is 144 Å². The molecule has 11 nitrogen and oxygen atoms in total. The molecule has 4 aromatic rings. The van der Waals surface area contributed by atoms with Gasteiger partial charge in [-0.1, -0.05) is 26.3 Å². The molecule has 0 fully saturated rings. The maximum Gasteiger partial charge on any atom is 0.224 e. The van der Waals surface area contributed by atoms with Crippen LogP contribution in [0, 0.1) is 5.92 Å². The molecule has 0 radical (unpaired) electrons. The van der Waals surface area contributed by atoms with E-state index < -0.39 is 0 Å². The van der Waals surface area contributed by atoms with Crippen LogP contribution < -0.4 is 35.6 Å². The Hall–Kier alpha value is -5.06. The molecule has 1 aliphatic carbocycles. The summed E-state index contributed by atoms with van der Waals surface area (Å²) in [7, 11) is 4.72. The van der Waals surface area contributed by atoms with Gasteiger partial charge < -0.3 is 35.1 Å². The molecule has 0 unspecified atom stereocenters. The molecule has 3 aromatic carbocycles. The number of hydrogen-bond donors (Lipinski definition) is 4. The zero-order chi connectivity index (χ0) is 35.1. The van der Waals surface area contributed by atoms with E-state index in [1.54, 1.807) is 33.5 Å². The predicted molar refractivity (Wildman–Crippen MR) is 193 cm³/mol. The number of nitrogens with one attached hydrogen (secondary N) is 4. The van der Waals surface area contributed by atoms with Gasteiger partial charge in [-0.2, -0.15) is 0 Å². The molecule has 49 heavy (non-hydrogen) atoms. The Bertz CT molecular complexity index is 1890. The normalized spacial score (nSPS) is 13.7. The fraction of sp³-hybridized carbons (Fsp3) is 0.421. The Labute approximate surface area is 287 Å². The lowest BCUT2D eigenvalue weighted by atomic mass is 9.95. The van der Waals surface area contributed by atoms with Crippen molar-refractivity contribution in [3.63, 3.8) is 0 Å². The van der Waals surface area contributed by atoms with Crippen LogP contribution in [0.2, 0.25) is 0 Å². The number of amides is 2. The summed E-state index contributed by atoms with van der Waals surface area (Å²) < 4.78 is 17.1. The van der Waals surface area contributed by atoms with Crippen LogP contribution in [0.4, 0.5) is 11.4 Å². The minimum Gasteiger partial charge on any atom is -0.493 e. The molecule has 0 saturated heterocycles. The van der Waals surface area contributed by atoms with Crippen molar-refractivity contribution >= 4 is 34.2 Å². The second kappa shape index (κ2) is 15.9. The summed E-state index contributed by atoms with van der Waals surface area (Å²) in [4.78, 5) is 46.3. The summed E-state index contributed by atoms with van der Waals surface area (Å²) in [6.45, 7) is 6.36. The highest BCUT2D eigenvalue weighted by molar-refractivity contribution is 5.93. The van der Waals surface area contributed by atoms with Gasteiger partial charge in [-0.15, -0.1) is 0 Å². The Kier molecular flexibility index (Phi) is 11.4. The molecule has 1 heterocycles. The number of anilines is 2. The van der Waals surface area contributed by atoms with E-state index in [4.69, 9.17) is 14.2 Å². The van der Waals surface area contributed by atoms with Gasteiger partial charge in [0.05, 0.1) is 44.1 Å². The highest BCUT2D eigenvalue weighted by atomic mass is 16.5. The van der Waals surface area contributed by atoms with Crippen LogP contribution in [-0.4, -0.2) is 49.7 Å². The molecule has 11 heteroatoms. The number of hydrogen-bond acceptors (Lipinski definition) is 8. The first kappa shape index (κ1) is 35.3. The van der Waals surface area contributed by atoms with Crippen LogP contribution >= 0.6 is 0 Å². The van der Waals surface area contributed by atoms with Gasteiger partial charge in [-0.05, 0) is 84.7 Å². The van der Waals surface area contributed by atoms with E-state index >= 15 is 0 Å². The number of benzene rings is 2. The molecule has 0 saturated carbocycles. The van der Waals surface area contributed by atoms with Crippen LogP contribution in [0.1, 0.15) is 75.9 Å². The molecule has 0 spiro atoms. The largest absolute Gasteiger partial charge is 0.493 e. The summed E-state index contributed by atoms with van der Waals surface area (Å²) in [5.41, 5.74) is 6.11. The van der Waals surface area contributed by atoms with Crippen molar-refractivity contribution in [1.29, 1.82) is 0 Å². The molecule has 4 N–H and O–H groups in total. The minimum atomic E-state index is -0.371. The molecule has 0 bridgehead atoms. The zero-order valence-electron chi connectivity index (χ0n) is 29.2. The first-order valence-electron chi connectivity index (χ1n) is 16.9. The maximum atomic E-state index is 13.5. The van der Waals surface area contributed by atoms with E-state index in [1.807, 2.05) is 30.3 Å².